The van der Waals surface area contributed by atoms with Crippen LogP contribution in [0.1, 0.15) is 11.1 Å². The van der Waals surface area contributed by atoms with Crippen LogP contribution in [-0.4, -0.2) is 0 Å². The van der Waals surface area contributed by atoms with Crippen LogP contribution in [0, 0.1) is 6.92 Å². The standard InChI is InChI=1S/C8H12NOP/c1-6-3-2-4-7(5-9)8(6)10-11/h2-4H,5,9,11H2,1H3. The van der Waals surface area contributed by atoms with E-state index in [-0.39, 0.29) is 0 Å². The number of hydrogen-bond donors (Lipinski definition) is 1. The number of benzene rings is 1. The Morgan fingerprint density at radius 3 is 2.73 bits per heavy atom. The zero-order valence-electron chi connectivity index (χ0n) is 6.50. The Morgan fingerprint density at radius 2 is 2.27 bits per heavy atom. The molecule has 0 saturated heterocycles. The summed E-state index contributed by atoms with van der Waals surface area (Å²) < 4.78 is 5.10. The van der Waals surface area contributed by atoms with Crippen molar-refractivity contribution in [2.24, 2.45) is 5.73 Å². The number of para-hydroxylation sites is 1. The van der Waals surface area contributed by atoms with Gasteiger partial charge in [-0.2, -0.15) is 0 Å². The molecule has 0 spiro atoms. The highest BCUT2D eigenvalue weighted by Crippen LogP contribution is 2.24. The van der Waals surface area contributed by atoms with Gasteiger partial charge in [0.25, 0.3) is 0 Å². The Bertz CT molecular complexity index is 250. The van der Waals surface area contributed by atoms with Crippen LogP contribution in [-0.2, 0) is 6.54 Å². The van der Waals surface area contributed by atoms with Gasteiger partial charge in [-0.1, -0.05) is 18.2 Å². The molecule has 11 heavy (non-hydrogen) atoms. The Morgan fingerprint density at radius 1 is 1.55 bits per heavy atom. The molecule has 1 aromatic rings. The van der Waals surface area contributed by atoms with Gasteiger partial charge in [0.2, 0.25) is 0 Å². The lowest BCUT2D eigenvalue weighted by Crippen LogP contribution is -1.98. The number of aryl methyl sites for hydroxylation is 1. The summed E-state index contributed by atoms with van der Waals surface area (Å²) in [6, 6.07) is 5.94. The maximum Gasteiger partial charge on any atom is 0.129 e. The second kappa shape index (κ2) is 3.70. The number of nitrogens with two attached hydrogens (primary N) is 1. The fourth-order valence-corrected chi connectivity index (χ4v) is 1.38. The van der Waals surface area contributed by atoms with E-state index < -0.39 is 0 Å². The van der Waals surface area contributed by atoms with Crippen molar-refractivity contribution in [3.8, 4) is 5.75 Å². The van der Waals surface area contributed by atoms with E-state index in [1.165, 1.54) is 0 Å². The van der Waals surface area contributed by atoms with Crippen LogP contribution in [0.4, 0.5) is 0 Å². The number of rotatable bonds is 2. The smallest absolute Gasteiger partial charge is 0.129 e. The van der Waals surface area contributed by atoms with E-state index in [1.54, 1.807) is 0 Å². The Kier molecular flexibility index (Phi) is 2.86. The van der Waals surface area contributed by atoms with Crippen LogP contribution in [0.15, 0.2) is 18.2 Å². The summed E-state index contributed by atoms with van der Waals surface area (Å²) in [6.45, 7) is 2.52. The summed E-state index contributed by atoms with van der Waals surface area (Å²) in [6.07, 6.45) is 0. The summed E-state index contributed by atoms with van der Waals surface area (Å²) in [5, 5.41) is 0. The van der Waals surface area contributed by atoms with Crippen LogP contribution < -0.4 is 10.3 Å². The molecule has 2 nitrogen and oxygen atoms in total. The summed E-state index contributed by atoms with van der Waals surface area (Å²) in [4.78, 5) is 0. The van der Waals surface area contributed by atoms with E-state index in [9.17, 15) is 0 Å². The van der Waals surface area contributed by atoms with Gasteiger partial charge >= 0.3 is 0 Å². The first-order valence-electron chi connectivity index (χ1n) is 3.45. The molecular formula is C8H12NOP. The molecule has 0 aliphatic heterocycles. The summed E-state index contributed by atoms with van der Waals surface area (Å²) in [5.74, 6) is 0.875. The average Bonchev–Trinajstić information content (AvgIpc) is 2.04. The lowest BCUT2D eigenvalue weighted by Gasteiger charge is -2.08. The third kappa shape index (κ3) is 1.70. The third-order valence-electron chi connectivity index (χ3n) is 1.63. The molecule has 0 aliphatic carbocycles. The monoisotopic (exact) mass is 169 g/mol. The fraction of sp³-hybridized carbons (Fsp3) is 0.250. The molecule has 0 saturated carbocycles. The zero-order valence-corrected chi connectivity index (χ0v) is 7.66. The Labute approximate surface area is 69.0 Å². The maximum absolute atomic E-state index is 5.51. The van der Waals surface area contributed by atoms with Gasteiger partial charge < -0.3 is 10.3 Å². The molecule has 0 heterocycles. The number of hydrogen-bond acceptors (Lipinski definition) is 2. The van der Waals surface area contributed by atoms with Gasteiger partial charge in [0.1, 0.15) is 5.75 Å². The Balaban J connectivity index is 3.13. The van der Waals surface area contributed by atoms with Crippen molar-refractivity contribution in [2.45, 2.75) is 13.5 Å². The van der Waals surface area contributed by atoms with Gasteiger partial charge in [-0.3, -0.25) is 0 Å². The molecule has 0 radical (unpaired) electrons. The lowest BCUT2D eigenvalue weighted by atomic mass is 10.1. The first-order chi connectivity index (χ1) is 5.29. The van der Waals surface area contributed by atoms with Crippen LogP contribution >= 0.6 is 9.47 Å². The van der Waals surface area contributed by atoms with E-state index in [0.29, 0.717) is 6.54 Å². The van der Waals surface area contributed by atoms with Gasteiger partial charge in [-0.25, -0.2) is 0 Å². The van der Waals surface area contributed by atoms with E-state index >= 15 is 0 Å². The fourth-order valence-electron chi connectivity index (χ4n) is 1.04. The van der Waals surface area contributed by atoms with Crippen molar-refractivity contribution in [1.29, 1.82) is 0 Å². The highest BCUT2D eigenvalue weighted by Gasteiger charge is 2.02. The molecule has 0 aliphatic rings. The second-order valence-electron chi connectivity index (χ2n) is 2.39. The minimum Gasteiger partial charge on any atom is -0.480 e. The Hall–Kier alpha value is -0.590. The molecule has 0 bridgehead atoms. The quantitative estimate of drug-likeness (QED) is 0.683. The predicted octanol–water partition coefficient (Wildman–Crippen LogP) is 1.62. The first kappa shape index (κ1) is 8.51. The van der Waals surface area contributed by atoms with Gasteiger partial charge in [0.05, 0.1) is 9.47 Å². The molecule has 1 aromatic carbocycles. The molecular weight excluding hydrogens is 157 g/mol. The SMILES string of the molecule is Cc1cccc(CN)c1OP. The largest absolute Gasteiger partial charge is 0.480 e. The van der Waals surface area contributed by atoms with Crippen LogP contribution in [0.5, 0.6) is 5.75 Å². The van der Waals surface area contributed by atoms with Crippen molar-refractivity contribution in [3.05, 3.63) is 29.3 Å². The summed E-state index contributed by atoms with van der Waals surface area (Å²) >= 11 is 0. The van der Waals surface area contributed by atoms with E-state index in [1.807, 2.05) is 25.1 Å². The summed E-state index contributed by atoms with van der Waals surface area (Å²) in [5.41, 5.74) is 7.66. The minimum absolute atomic E-state index is 0.519. The minimum atomic E-state index is 0.519. The van der Waals surface area contributed by atoms with Crippen molar-refractivity contribution in [3.63, 3.8) is 0 Å². The molecule has 3 heteroatoms. The second-order valence-corrected chi connectivity index (χ2v) is 2.62. The van der Waals surface area contributed by atoms with Gasteiger partial charge in [0, 0.05) is 12.1 Å². The normalized spacial score (nSPS) is 9.73. The maximum atomic E-state index is 5.51. The molecule has 1 unspecified atom stereocenters. The van der Waals surface area contributed by atoms with E-state index in [2.05, 4.69) is 9.47 Å². The summed E-state index contributed by atoms with van der Waals surface area (Å²) in [7, 11) is 2.24. The zero-order chi connectivity index (χ0) is 8.27. The lowest BCUT2D eigenvalue weighted by molar-refractivity contribution is 0.628. The van der Waals surface area contributed by atoms with Crippen LogP contribution in [0.2, 0.25) is 0 Å². The van der Waals surface area contributed by atoms with E-state index in [0.717, 1.165) is 16.9 Å². The first-order valence-corrected chi connectivity index (χ1v) is 3.92. The van der Waals surface area contributed by atoms with Crippen LogP contribution in [0.3, 0.4) is 0 Å². The van der Waals surface area contributed by atoms with Crippen molar-refractivity contribution in [2.75, 3.05) is 0 Å². The molecule has 60 valence electrons. The van der Waals surface area contributed by atoms with Crippen molar-refractivity contribution >= 4 is 9.47 Å². The van der Waals surface area contributed by atoms with Crippen LogP contribution in [0.25, 0.3) is 0 Å². The molecule has 0 amide bonds. The highest BCUT2D eigenvalue weighted by molar-refractivity contribution is 7.10. The highest BCUT2D eigenvalue weighted by atomic mass is 31.0. The van der Waals surface area contributed by atoms with Gasteiger partial charge in [-0.15, -0.1) is 0 Å². The molecule has 0 aromatic heterocycles. The molecule has 1 atom stereocenters. The van der Waals surface area contributed by atoms with Gasteiger partial charge in [-0.05, 0) is 12.5 Å². The predicted molar refractivity (Wildman–Crippen MR) is 49.4 cm³/mol. The topological polar surface area (TPSA) is 35.2 Å². The third-order valence-corrected chi connectivity index (χ3v) is 1.87. The average molecular weight is 169 g/mol. The van der Waals surface area contributed by atoms with E-state index in [4.69, 9.17) is 10.3 Å². The molecule has 1 rings (SSSR count). The van der Waals surface area contributed by atoms with Gasteiger partial charge in [0.15, 0.2) is 0 Å². The molecule has 0 fully saturated rings. The van der Waals surface area contributed by atoms with Crippen molar-refractivity contribution < 1.29 is 4.52 Å². The van der Waals surface area contributed by atoms with Crippen molar-refractivity contribution in [1.82, 2.24) is 0 Å². The molecule has 2 N–H and O–H groups in total.